The molecule has 0 aliphatic rings. The number of aryl methyl sites for hydroxylation is 1. The van der Waals surface area contributed by atoms with E-state index >= 15 is 0 Å². The van der Waals surface area contributed by atoms with E-state index in [-0.39, 0.29) is 24.3 Å². The predicted molar refractivity (Wildman–Crippen MR) is 95.1 cm³/mol. The van der Waals surface area contributed by atoms with Crippen LogP contribution >= 0.6 is 15.9 Å². The number of rotatable bonds is 5. The van der Waals surface area contributed by atoms with Gasteiger partial charge in [-0.25, -0.2) is 0 Å². The fraction of sp³-hybridized carbons (Fsp3) is 0.222. The molecule has 1 atom stereocenters. The van der Waals surface area contributed by atoms with Crippen molar-refractivity contribution in [2.45, 2.75) is 26.3 Å². The van der Waals surface area contributed by atoms with Gasteiger partial charge in [-0.15, -0.1) is 0 Å². The van der Waals surface area contributed by atoms with Crippen molar-refractivity contribution in [3.63, 3.8) is 0 Å². The molecule has 2 aromatic rings. The third-order valence-electron chi connectivity index (χ3n) is 3.43. The molecule has 0 bridgehead atoms. The Morgan fingerprint density at radius 1 is 1.13 bits per heavy atom. The fourth-order valence-corrected chi connectivity index (χ4v) is 2.81. The molecule has 0 aliphatic carbocycles. The fourth-order valence-electron chi connectivity index (χ4n) is 2.34. The van der Waals surface area contributed by atoms with E-state index in [1.165, 1.54) is 6.92 Å². The van der Waals surface area contributed by atoms with E-state index in [9.17, 15) is 9.59 Å². The van der Waals surface area contributed by atoms with Gasteiger partial charge >= 0.3 is 0 Å². The lowest BCUT2D eigenvalue weighted by atomic mass is 10.0. The van der Waals surface area contributed by atoms with Crippen molar-refractivity contribution < 1.29 is 9.59 Å². The Kier molecular flexibility index (Phi) is 5.93. The van der Waals surface area contributed by atoms with E-state index in [4.69, 9.17) is 0 Å². The number of benzene rings is 2. The smallest absolute Gasteiger partial charge is 0.226 e. The highest BCUT2D eigenvalue weighted by atomic mass is 79.9. The number of carbonyl (C=O) groups excluding carboxylic acids is 2. The summed E-state index contributed by atoms with van der Waals surface area (Å²) in [6.45, 7) is 3.38. The van der Waals surface area contributed by atoms with Crippen molar-refractivity contribution in [3.8, 4) is 0 Å². The summed E-state index contributed by atoms with van der Waals surface area (Å²) in [6, 6.07) is 14.8. The van der Waals surface area contributed by atoms with Crippen LogP contribution in [0.15, 0.2) is 53.0 Å². The summed E-state index contributed by atoms with van der Waals surface area (Å²) in [5.74, 6) is -0.301. The average Bonchev–Trinajstić information content (AvgIpc) is 2.50. The molecule has 5 heteroatoms. The second-order valence-corrected chi connectivity index (χ2v) is 6.29. The van der Waals surface area contributed by atoms with Crippen molar-refractivity contribution in [2.24, 2.45) is 0 Å². The summed E-state index contributed by atoms with van der Waals surface area (Å²) in [7, 11) is 0. The monoisotopic (exact) mass is 374 g/mol. The highest BCUT2D eigenvalue weighted by Gasteiger charge is 2.17. The maximum atomic E-state index is 12.3. The lowest BCUT2D eigenvalue weighted by Crippen LogP contribution is -2.29. The highest BCUT2D eigenvalue weighted by molar-refractivity contribution is 9.10. The summed E-state index contributed by atoms with van der Waals surface area (Å²) < 4.78 is 0.966. The number of amides is 2. The standard InChI is InChI=1S/C18H19BrN2O2/c1-12-10-15(19)8-9-16(12)21-18(23)11-17(20-13(2)22)14-6-4-3-5-7-14/h3-10,17H,11H2,1-2H3,(H,20,22)(H,21,23)/t17-/m1/s1. The van der Waals surface area contributed by atoms with Crippen molar-refractivity contribution in [1.29, 1.82) is 0 Å². The lowest BCUT2D eigenvalue weighted by molar-refractivity contribution is -0.120. The van der Waals surface area contributed by atoms with Gasteiger partial charge in [0.1, 0.15) is 0 Å². The number of carbonyl (C=O) groups is 2. The minimum atomic E-state index is -0.343. The first kappa shape index (κ1) is 17.2. The van der Waals surface area contributed by atoms with Gasteiger partial charge in [-0.2, -0.15) is 0 Å². The number of hydrogen-bond acceptors (Lipinski definition) is 2. The van der Waals surface area contributed by atoms with Gasteiger partial charge < -0.3 is 10.6 Å². The van der Waals surface area contributed by atoms with Crippen LogP contribution in [0.25, 0.3) is 0 Å². The molecule has 0 saturated carbocycles. The summed E-state index contributed by atoms with van der Waals surface area (Å²) in [6.07, 6.45) is 0.180. The Balaban J connectivity index is 2.09. The Hall–Kier alpha value is -2.14. The molecule has 2 rings (SSSR count). The second kappa shape index (κ2) is 7.92. The molecule has 0 aromatic heterocycles. The Morgan fingerprint density at radius 3 is 2.43 bits per heavy atom. The van der Waals surface area contributed by atoms with Gasteiger partial charge in [0.2, 0.25) is 11.8 Å². The van der Waals surface area contributed by atoms with E-state index in [0.717, 1.165) is 21.3 Å². The number of halogens is 1. The summed E-state index contributed by atoms with van der Waals surface area (Å²) >= 11 is 3.40. The summed E-state index contributed by atoms with van der Waals surface area (Å²) in [4.78, 5) is 23.8. The maximum Gasteiger partial charge on any atom is 0.226 e. The van der Waals surface area contributed by atoms with Crippen LogP contribution in [0, 0.1) is 6.92 Å². The first-order chi connectivity index (χ1) is 11.0. The normalized spacial score (nSPS) is 11.6. The molecule has 2 amide bonds. The average molecular weight is 375 g/mol. The molecule has 0 saturated heterocycles. The van der Waals surface area contributed by atoms with Crippen LogP contribution in [0.2, 0.25) is 0 Å². The van der Waals surface area contributed by atoms with Crippen LogP contribution < -0.4 is 10.6 Å². The quantitative estimate of drug-likeness (QED) is 0.831. The Morgan fingerprint density at radius 2 is 1.83 bits per heavy atom. The van der Waals surface area contributed by atoms with Crippen molar-refractivity contribution in [3.05, 3.63) is 64.1 Å². The van der Waals surface area contributed by atoms with Gasteiger partial charge in [0, 0.05) is 17.1 Å². The van der Waals surface area contributed by atoms with Crippen LogP contribution in [0.1, 0.15) is 30.5 Å². The van der Waals surface area contributed by atoms with Crippen LogP contribution in [0.4, 0.5) is 5.69 Å². The van der Waals surface area contributed by atoms with Gasteiger partial charge in [-0.3, -0.25) is 9.59 Å². The molecule has 0 radical (unpaired) electrons. The minimum absolute atomic E-state index is 0.141. The predicted octanol–water partition coefficient (Wildman–Crippen LogP) is 3.96. The molecule has 2 aromatic carbocycles. The maximum absolute atomic E-state index is 12.3. The molecular weight excluding hydrogens is 356 g/mol. The van der Waals surface area contributed by atoms with Gasteiger partial charge in [-0.05, 0) is 36.2 Å². The van der Waals surface area contributed by atoms with E-state index in [1.807, 2.05) is 55.5 Å². The van der Waals surface area contributed by atoms with Gasteiger partial charge in [0.15, 0.2) is 0 Å². The SMILES string of the molecule is CC(=O)N[C@H](CC(=O)Nc1ccc(Br)cc1C)c1ccccc1. The first-order valence-corrected chi connectivity index (χ1v) is 8.13. The molecule has 120 valence electrons. The molecule has 0 unspecified atom stereocenters. The summed E-state index contributed by atoms with van der Waals surface area (Å²) in [5.41, 5.74) is 2.65. The second-order valence-electron chi connectivity index (χ2n) is 5.38. The van der Waals surface area contributed by atoms with Crippen LogP contribution in [-0.4, -0.2) is 11.8 Å². The van der Waals surface area contributed by atoms with E-state index in [0.29, 0.717) is 0 Å². The van der Waals surface area contributed by atoms with Crippen molar-refractivity contribution >= 4 is 33.4 Å². The zero-order valence-electron chi connectivity index (χ0n) is 13.1. The summed E-state index contributed by atoms with van der Waals surface area (Å²) in [5, 5.41) is 5.73. The molecule has 0 spiro atoms. The number of nitrogens with one attached hydrogen (secondary N) is 2. The topological polar surface area (TPSA) is 58.2 Å². The van der Waals surface area contributed by atoms with E-state index in [2.05, 4.69) is 26.6 Å². The largest absolute Gasteiger partial charge is 0.349 e. The van der Waals surface area contributed by atoms with E-state index < -0.39 is 0 Å². The lowest BCUT2D eigenvalue weighted by Gasteiger charge is -2.18. The minimum Gasteiger partial charge on any atom is -0.349 e. The van der Waals surface area contributed by atoms with Gasteiger partial charge in [0.25, 0.3) is 0 Å². The zero-order chi connectivity index (χ0) is 16.8. The van der Waals surface area contributed by atoms with Crippen LogP contribution in [0.3, 0.4) is 0 Å². The van der Waals surface area contributed by atoms with E-state index in [1.54, 1.807) is 0 Å². The zero-order valence-corrected chi connectivity index (χ0v) is 14.7. The van der Waals surface area contributed by atoms with Crippen molar-refractivity contribution in [2.75, 3.05) is 5.32 Å². The highest BCUT2D eigenvalue weighted by Crippen LogP contribution is 2.22. The molecule has 4 nitrogen and oxygen atoms in total. The molecule has 0 aliphatic heterocycles. The van der Waals surface area contributed by atoms with Crippen LogP contribution in [0.5, 0.6) is 0 Å². The first-order valence-electron chi connectivity index (χ1n) is 7.34. The Labute approximate surface area is 144 Å². The van der Waals surface area contributed by atoms with Crippen LogP contribution in [-0.2, 0) is 9.59 Å². The molecule has 2 N–H and O–H groups in total. The van der Waals surface area contributed by atoms with Gasteiger partial charge in [0.05, 0.1) is 12.5 Å². The third-order valence-corrected chi connectivity index (χ3v) is 3.92. The van der Waals surface area contributed by atoms with Gasteiger partial charge in [-0.1, -0.05) is 46.3 Å². The molecule has 0 fully saturated rings. The third kappa shape index (κ3) is 5.21. The van der Waals surface area contributed by atoms with Crippen molar-refractivity contribution in [1.82, 2.24) is 5.32 Å². The molecule has 0 heterocycles. The number of hydrogen-bond donors (Lipinski definition) is 2. The molecular formula is C18H19BrN2O2. The Bertz CT molecular complexity index is 701. The molecule has 23 heavy (non-hydrogen) atoms. The number of anilines is 1.